The maximum absolute atomic E-state index is 7.02. The van der Waals surface area contributed by atoms with Gasteiger partial charge in [0.15, 0.2) is 0 Å². The molecule has 0 aliphatic rings. The molecule has 0 aliphatic carbocycles. The third-order valence-corrected chi connectivity index (χ3v) is 26.3. The van der Waals surface area contributed by atoms with Crippen molar-refractivity contribution in [2.24, 2.45) is 0 Å². The van der Waals surface area contributed by atoms with Gasteiger partial charge in [-0.05, 0) is 217 Å². The highest BCUT2D eigenvalue weighted by Crippen LogP contribution is 2.50. The molecule has 0 atom stereocenters. The first-order valence-electron chi connectivity index (χ1n) is 44.5. The SMILES string of the molecule is c1cc(-c2ccc(N(c3ccc(-c4cccc5c4oc4ccccc45)cc3)c3cccc(-c4ccccc4-c4ccccc4-n4c5ccccc5c5ccccc54)c3)cc2)cc(-c2ccc3oc4c(-c5ccc(N(c6cccc(-c7ccccc7-c7ccccc7-n7c8ccccc8c8ccccc87)c6)c6ccccc6-c6ccc7ccccc7c6)cc5)cccc4c3c2)c1. The van der Waals surface area contributed by atoms with Crippen LogP contribution in [0.25, 0.3) is 210 Å². The zero-order valence-electron chi connectivity index (χ0n) is 70.8. The Balaban J connectivity index is 0.545. The fourth-order valence-electron chi connectivity index (χ4n) is 20.3. The summed E-state index contributed by atoms with van der Waals surface area (Å²) >= 11 is 0. The number of benzene rings is 21. The normalized spacial score (nSPS) is 11.7. The molecule has 0 fully saturated rings. The first-order valence-corrected chi connectivity index (χ1v) is 44.5. The number of nitrogens with zero attached hydrogens (tertiary/aromatic N) is 4. The van der Waals surface area contributed by atoms with Crippen LogP contribution in [0.2, 0.25) is 0 Å². The van der Waals surface area contributed by atoms with E-state index in [1.54, 1.807) is 0 Å². The first kappa shape index (κ1) is 75.2. The van der Waals surface area contributed by atoms with E-state index in [1.807, 2.05) is 6.07 Å². The summed E-state index contributed by atoms with van der Waals surface area (Å²) in [6.07, 6.45) is 0. The Morgan fingerprint density at radius 3 is 1.05 bits per heavy atom. The average molecular weight is 1660 g/mol. The standard InChI is InChI=1S/C124H80N4O2/c1-2-29-85-77-91(61-60-81(85)28-1)99-38-7-15-52-114(99)126(96-35-25-33-90(79-96)98-37-4-6-40-103(98)105-42-9-17-54-116(105)128-119-57-20-12-45-108(119)109-46-13-21-58-120(109)128)94-73-66-84(67-74-94)101-49-27-51-112-113-80-88(68-75-122(113)130-124(101)112)87-31-23-30-86(76-87)82-62-69-92(70-63-82)125(93-71-64-83(65-72-93)100-48-26-50-111-110-47-14-22-59-121(110)129-123(100)111)95-34-24-32-89(78-95)97-36-3-5-39-102(97)104-41-8-16-53-115(104)127-117-55-18-10-43-106(117)107-44-11-19-56-118(107)127/h1-80H. The number of hydrogen-bond donors (Lipinski definition) is 0. The van der Waals surface area contributed by atoms with Crippen LogP contribution in [-0.2, 0) is 0 Å². The number of fused-ring (bicyclic) bond motifs is 13. The van der Waals surface area contributed by atoms with Gasteiger partial charge in [-0.15, -0.1) is 0 Å². The maximum atomic E-state index is 7.02. The molecule has 608 valence electrons. The van der Waals surface area contributed by atoms with Crippen LogP contribution in [0, 0.1) is 0 Å². The highest BCUT2D eigenvalue weighted by molar-refractivity contribution is 6.14. The lowest BCUT2D eigenvalue weighted by atomic mass is 9.93. The molecule has 6 heteroatoms. The summed E-state index contributed by atoms with van der Waals surface area (Å²) in [4.78, 5) is 4.81. The minimum absolute atomic E-state index is 0.834. The van der Waals surface area contributed by atoms with Crippen LogP contribution in [0.3, 0.4) is 0 Å². The van der Waals surface area contributed by atoms with Crippen LogP contribution in [0.1, 0.15) is 0 Å². The van der Waals surface area contributed by atoms with Crippen LogP contribution in [0.15, 0.2) is 494 Å². The van der Waals surface area contributed by atoms with Crippen LogP contribution < -0.4 is 9.80 Å². The summed E-state index contributed by atoms with van der Waals surface area (Å²) in [6.45, 7) is 0. The van der Waals surface area contributed by atoms with E-state index < -0.39 is 0 Å². The fraction of sp³-hybridized carbons (Fsp3) is 0. The van der Waals surface area contributed by atoms with Gasteiger partial charge in [0.2, 0.25) is 0 Å². The van der Waals surface area contributed by atoms with Gasteiger partial charge in [0.25, 0.3) is 0 Å². The molecule has 25 aromatic rings. The lowest BCUT2D eigenvalue weighted by Crippen LogP contribution is -2.11. The molecule has 21 aromatic carbocycles. The average Bonchev–Trinajstić information content (AvgIpc) is 1.57. The number of rotatable bonds is 17. The highest BCUT2D eigenvalue weighted by Gasteiger charge is 2.26. The zero-order valence-corrected chi connectivity index (χ0v) is 70.8. The van der Waals surface area contributed by atoms with E-state index in [1.165, 1.54) is 54.4 Å². The Labute approximate surface area is 751 Å². The molecule has 0 radical (unpaired) electrons. The van der Waals surface area contributed by atoms with Gasteiger partial charge in [-0.2, -0.15) is 0 Å². The van der Waals surface area contributed by atoms with Crippen molar-refractivity contribution in [1.82, 2.24) is 9.13 Å². The second-order valence-electron chi connectivity index (χ2n) is 33.7. The molecule has 25 rings (SSSR count). The third kappa shape index (κ3) is 12.9. The monoisotopic (exact) mass is 1660 g/mol. The molecule has 6 nitrogen and oxygen atoms in total. The van der Waals surface area contributed by atoms with Crippen molar-refractivity contribution in [2.75, 3.05) is 9.80 Å². The zero-order chi connectivity index (χ0) is 85.7. The van der Waals surface area contributed by atoms with Crippen molar-refractivity contribution in [3.8, 4) is 112 Å². The predicted molar refractivity (Wildman–Crippen MR) is 545 cm³/mol. The molecule has 0 aliphatic heterocycles. The quantitative estimate of drug-likeness (QED) is 0.0911. The van der Waals surface area contributed by atoms with E-state index in [0.717, 1.165) is 190 Å². The molecular weight excluding hydrogens is 1580 g/mol. The van der Waals surface area contributed by atoms with Gasteiger partial charge in [-0.25, -0.2) is 0 Å². The number of hydrogen-bond acceptors (Lipinski definition) is 4. The molecular formula is C124H80N4O2. The molecule has 4 aromatic heterocycles. The maximum Gasteiger partial charge on any atom is 0.143 e. The van der Waals surface area contributed by atoms with Crippen LogP contribution >= 0.6 is 0 Å². The van der Waals surface area contributed by atoms with E-state index >= 15 is 0 Å². The van der Waals surface area contributed by atoms with Gasteiger partial charge in [-0.3, -0.25) is 0 Å². The largest absolute Gasteiger partial charge is 0.455 e. The number of aromatic nitrogens is 2. The second kappa shape index (κ2) is 31.4. The smallest absolute Gasteiger partial charge is 0.143 e. The van der Waals surface area contributed by atoms with Gasteiger partial charge >= 0.3 is 0 Å². The molecule has 0 saturated carbocycles. The molecule has 0 unspecified atom stereocenters. The minimum atomic E-state index is 0.834. The van der Waals surface area contributed by atoms with Gasteiger partial charge in [0.1, 0.15) is 22.3 Å². The Kier molecular flexibility index (Phi) is 18.2. The van der Waals surface area contributed by atoms with Crippen molar-refractivity contribution in [1.29, 1.82) is 0 Å². The number of furan rings is 2. The molecule has 0 amide bonds. The van der Waals surface area contributed by atoms with E-state index in [0.29, 0.717) is 0 Å². The van der Waals surface area contributed by atoms with Crippen molar-refractivity contribution in [2.45, 2.75) is 0 Å². The van der Waals surface area contributed by atoms with E-state index in [9.17, 15) is 0 Å². The summed E-state index contributed by atoms with van der Waals surface area (Å²) in [5, 5.41) is 11.7. The topological polar surface area (TPSA) is 42.6 Å². The van der Waals surface area contributed by atoms with E-state index in [2.05, 4.69) is 498 Å². The molecule has 0 saturated heterocycles. The molecule has 0 spiro atoms. The highest BCUT2D eigenvalue weighted by atomic mass is 16.3. The van der Waals surface area contributed by atoms with Crippen molar-refractivity contribution in [3.05, 3.63) is 485 Å². The van der Waals surface area contributed by atoms with Crippen molar-refractivity contribution >= 4 is 132 Å². The van der Waals surface area contributed by atoms with E-state index in [-0.39, 0.29) is 0 Å². The Bertz CT molecular complexity index is 8660. The lowest BCUT2D eigenvalue weighted by Gasteiger charge is -2.29. The minimum Gasteiger partial charge on any atom is -0.455 e. The summed E-state index contributed by atoms with van der Waals surface area (Å²) in [5.74, 6) is 0. The Morgan fingerprint density at radius 1 is 0.162 bits per heavy atom. The van der Waals surface area contributed by atoms with E-state index in [4.69, 9.17) is 8.83 Å². The van der Waals surface area contributed by atoms with Crippen LogP contribution in [-0.4, -0.2) is 9.13 Å². The summed E-state index contributed by atoms with van der Waals surface area (Å²) in [7, 11) is 0. The summed E-state index contributed by atoms with van der Waals surface area (Å²) < 4.78 is 18.5. The molecule has 0 N–H and O–H groups in total. The lowest BCUT2D eigenvalue weighted by molar-refractivity contribution is 0.669. The number of para-hydroxylation sites is 10. The van der Waals surface area contributed by atoms with Gasteiger partial charge < -0.3 is 27.8 Å². The third-order valence-electron chi connectivity index (χ3n) is 26.3. The van der Waals surface area contributed by atoms with Gasteiger partial charge in [0, 0.05) is 99.3 Å². The van der Waals surface area contributed by atoms with Crippen LogP contribution in [0.4, 0.5) is 34.1 Å². The van der Waals surface area contributed by atoms with Gasteiger partial charge in [-0.1, -0.05) is 352 Å². The predicted octanol–water partition coefficient (Wildman–Crippen LogP) is 34.8. The summed E-state index contributed by atoms with van der Waals surface area (Å²) in [5.41, 5.74) is 36.6. The van der Waals surface area contributed by atoms with Crippen molar-refractivity contribution < 1.29 is 8.83 Å². The fourth-order valence-corrected chi connectivity index (χ4v) is 20.3. The number of anilines is 6. The van der Waals surface area contributed by atoms with Gasteiger partial charge in [0.05, 0.1) is 39.1 Å². The van der Waals surface area contributed by atoms with Crippen LogP contribution in [0.5, 0.6) is 0 Å². The first-order chi connectivity index (χ1) is 64.5. The molecule has 0 bridgehead atoms. The second-order valence-corrected chi connectivity index (χ2v) is 33.7. The van der Waals surface area contributed by atoms with Crippen molar-refractivity contribution in [3.63, 3.8) is 0 Å². The Morgan fingerprint density at radius 2 is 0.508 bits per heavy atom. The molecule has 130 heavy (non-hydrogen) atoms. The summed E-state index contributed by atoms with van der Waals surface area (Å²) in [6, 6.07) is 177. The molecule has 4 heterocycles. The Hall–Kier alpha value is -17.3.